The minimum atomic E-state index is -4.77. The number of halogens is 26. The van der Waals surface area contributed by atoms with Crippen LogP contribution in [-0.2, 0) is 29.4 Å². The molecule has 0 saturated carbocycles. The first-order valence-corrected chi connectivity index (χ1v) is 14.1. The zero-order chi connectivity index (χ0) is 51.4. The van der Waals surface area contributed by atoms with Crippen LogP contribution in [0.1, 0.15) is 75.7 Å². The standard InChI is InChI=1S/C4H5F5.2C4H8F2O.3C3H5F3.C2H5FO.CH2F2.3CH3FO.CH4.F2/c1-3(5,6)2-4(7,8)9;2*1-4(2,3-5)7-6;2*1-3(5,6)2-4;1-2-3(4,5)6;1-4-2-3;2-1-3;3*1-3-2;;1-2/h2H2,1H3;2*3H2,1-2H3;3*2H2,1H3;2H2,1H3;1H2;3*1H3;1H4;. The maximum atomic E-state index is 11.5. The van der Waals surface area contributed by atoms with Crippen LogP contribution in [0.3, 0.4) is 0 Å². The summed E-state index contributed by atoms with van der Waals surface area (Å²) in [6.07, 6.45) is -11.5. The number of rotatable bonds is 8. The number of alkyl halides is 19. The van der Waals surface area contributed by atoms with Gasteiger partial charge in [0.05, 0.1) is 21.3 Å². The Balaban J connectivity index is -0.0000000373. The van der Waals surface area contributed by atoms with E-state index in [1.807, 2.05) is 0 Å². The topological polar surface area (TPSA) is 55.4 Å². The summed E-state index contributed by atoms with van der Waals surface area (Å²) in [4.78, 5) is 14.7. The van der Waals surface area contributed by atoms with Crippen molar-refractivity contribution < 1.29 is 145 Å². The monoisotopic (exact) mass is 982 g/mol. The van der Waals surface area contributed by atoms with E-state index in [9.17, 15) is 106 Å². The highest BCUT2D eigenvalue weighted by atomic mass is 20.0. The highest BCUT2D eigenvalue weighted by Crippen LogP contribution is 2.30. The van der Waals surface area contributed by atoms with E-state index in [2.05, 4.69) is 29.4 Å². The zero-order valence-corrected chi connectivity index (χ0v) is 33.4. The van der Waals surface area contributed by atoms with E-state index in [0.717, 1.165) is 28.3 Å². The summed E-state index contributed by atoms with van der Waals surface area (Å²) in [5.74, 6) is -9.89. The van der Waals surface area contributed by atoms with Crippen LogP contribution in [0, 0.1) is 0 Å². The lowest BCUT2D eigenvalue weighted by Crippen LogP contribution is -2.22. The Kier molecular flexibility index (Phi) is 94.9. The summed E-state index contributed by atoms with van der Waals surface area (Å²) in [7, 11) is 4.18. The quantitative estimate of drug-likeness (QED) is 0.226. The largest absolute Gasteiger partial charge is 0.394 e. The van der Waals surface area contributed by atoms with E-state index < -0.39 is 94.7 Å². The molecular weight excluding hydrogens is 926 g/mol. The highest BCUT2D eigenvalue weighted by Gasteiger charge is 2.39. The fourth-order valence-corrected chi connectivity index (χ4v) is 0.393. The summed E-state index contributed by atoms with van der Waals surface area (Å²) in [5, 5.41) is 0. The molecule has 0 atom stereocenters. The van der Waals surface area contributed by atoms with Crippen molar-refractivity contribution in [2.75, 3.05) is 68.9 Å². The Morgan fingerprint density at radius 2 is 0.550 bits per heavy atom. The third-order valence-corrected chi connectivity index (χ3v) is 2.55. The molecule has 0 spiro atoms. The Bertz CT molecular complexity index is 594. The average molecular weight is 983 g/mol. The van der Waals surface area contributed by atoms with Gasteiger partial charge in [0.25, 0.3) is 17.8 Å². The SMILES string of the molecule is C.CC(C)(CF)OF.CC(C)(CF)OF.CC(F)(F)CC(F)(F)F.CC(F)(F)CF.CC(F)(F)CF.CCC(F)(F)F.COCF.COF.COF.COF.FCF.FF. The molecule has 0 fully saturated rings. The second kappa shape index (κ2) is 61.2. The van der Waals surface area contributed by atoms with E-state index >= 15 is 0 Å². The third-order valence-electron chi connectivity index (χ3n) is 2.55. The van der Waals surface area contributed by atoms with Crippen molar-refractivity contribution in [1.29, 1.82) is 0 Å². The lowest BCUT2D eigenvalue weighted by Gasteiger charge is -2.11. The van der Waals surface area contributed by atoms with Crippen LogP contribution in [-0.4, -0.2) is 110 Å². The van der Waals surface area contributed by atoms with Gasteiger partial charge >= 0.3 is 12.4 Å². The molecule has 386 valence electrons. The summed E-state index contributed by atoms with van der Waals surface area (Å²) in [5.41, 5.74) is -2.50. The molecule has 0 radical (unpaired) electrons. The number of hydrogen-bond donors (Lipinski definition) is 0. The van der Waals surface area contributed by atoms with Gasteiger partial charge in [-0.2, -0.15) is 51.0 Å². The van der Waals surface area contributed by atoms with Crippen molar-refractivity contribution in [3.8, 4) is 0 Å². The van der Waals surface area contributed by atoms with E-state index in [0.29, 0.717) is 13.8 Å². The lowest BCUT2D eigenvalue weighted by atomic mass is 10.2. The molecule has 0 unspecified atom stereocenters. The van der Waals surface area contributed by atoms with Gasteiger partial charge in [-0.1, -0.05) is 14.4 Å². The number of hydrogen-bond acceptors (Lipinski definition) is 6. The molecule has 0 amide bonds. The van der Waals surface area contributed by atoms with Crippen molar-refractivity contribution in [2.24, 2.45) is 0 Å². The summed E-state index contributed by atoms with van der Waals surface area (Å²) < 4.78 is 278. The molecular formula is C28H56F26O6. The van der Waals surface area contributed by atoms with Gasteiger partial charge in [0, 0.05) is 36.5 Å². The van der Waals surface area contributed by atoms with Crippen LogP contribution < -0.4 is 0 Å². The minimum Gasteiger partial charge on any atom is -0.354 e. The molecule has 6 nitrogen and oxygen atoms in total. The number of methoxy groups -OCH3 is 1. The molecule has 0 heterocycles. The molecule has 0 aromatic rings. The second-order valence-corrected chi connectivity index (χ2v) is 10.1. The first-order chi connectivity index (χ1) is 26.2. The Morgan fingerprint density at radius 3 is 0.550 bits per heavy atom. The Hall–Kier alpha value is -2.06. The molecule has 0 bridgehead atoms. The Labute approximate surface area is 331 Å². The molecule has 0 aromatic carbocycles. The molecule has 0 aliphatic heterocycles. The maximum Gasteiger partial charge on any atom is 0.394 e. The van der Waals surface area contributed by atoms with Gasteiger partial charge in [-0.25, -0.2) is 57.1 Å². The van der Waals surface area contributed by atoms with Crippen LogP contribution in [0.2, 0.25) is 0 Å². The number of ether oxygens (including phenoxy) is 1. The van der Waals surface area contributed by atoms with E-state index in [1.165, 1.54) is 34.8 Å². The van der Waals surface area contributed by atoms with Gasteiger partial charge in [-0.15, -0.1) is 0 Å². The minimum absolute atomic E-state index is 0. The van der Waals surface area contributed by atoms with Gasteiger partial charge in [-0.3, -0.25) is 0 Å². The van der Waals surface area contributed by atoms with Crippen LogP contribution in [0.5, 0.6) is 0 Å². The van der Waals surface area contributed by atoms with Crippen molar-refractivity contribution in [2.45, 2.75) is 117 Å². The maximum absolute atomic E-state index is 11.5. The predicted molar refractivity (Wildman–Crippen MR) is 169 cm³/mol. The smallest absolute Gasteiger partial charge is 0.354 e. The summed E-state index contributed by atoms with van der Waals surface area (Å²) >= 11 is 0. The molecule has 0 N–H and O–H groups in total. The molecule has 0 aliphatic rings. The van der Waals surface area contributed by atoms with Gasteiger partial charge < -0.3 is 4.74 Å². The van der Waals surface area contributed by atoms with Gasteiger partial charge in [0.15, 0.2) is 20.2 Å². The van der Waals surface area contributed by atoms with Crippen LogP contribution in [0.25, 0.3) is 0 Å². The van der Waals surface area contributed by atoms with Gasteiger partial charge in [0.1, 0.15) is 31.0 Å². The van der Waals surface area contributed by atoms with Crippen molar-refractivity contribution >= 4 is 0 Å². The highest BCUT2D eigenvalue weighted by molar-refractivity contribution is 4.64. The average Bonchev–Trinajstić information content (AvgIpc) is 3.09. The molecule has 0 aromatic heterocycles. The fraction of sp³-hybridized carbons (Fsp3) is 1.00. The van der Waals surface area contributed by atoms with Crippen molar-refractivity contribution in [3.63, 3.8) is 0 Å². The molecule has 0 rings (SSSR count). The van der Waals surface area contributed by atoms with Crippen molar-refractivity contribution in [3.05, 3.63) is 0 Å². The predicted octanol–water partition coefficient (Wildman–Crippen LogP) is 15.5. The molecule has 32 heteroatoms. The normalized spacial score (nSPS) is 10.3. The second-order valence-electron chi connectivity index (χ2n) is 10.1. The summed E-state index contributed by atoms with van der Waals surface area (Å²) in [6, 6.07) is 0. The molecule has 0 aliphatic carbocycles. The van der Waals surface area contributed by atoms with E-state index in [-0.39, 0.29) is 14.4 Å². The third kappa shape index (κ3) is 251. The van der Waals surface area contributed by atoms with Crippen molar-refractivity contribution in [1.82, 2.24) is 0 Å². The van der Waals surface area contributed by atoms with Crippen LogP contribution in [0.15, 0.2) is 0 Å². The zero-order valence-electron chi connectivity index (χ0n) is 33.4. The lowest BCUT2D eigenvalue weighted by molar-refractivity contribution is -0.226. The first kappa shape index (κ1) is 93.0. The first-order valence-electron chi connectivity index (χ1n) is 14.1. The van der Waals surface area contributed by atoms with E-state index in [1.54, 1.807) is 0 Å². The van der Waals surface area contributed by atoms with Gasteiger partial charge in [0.2, 0.25) is 6.93 Å². The molecule has 60 heavy (non-hydrogen) atoms. The van der Waals surface area contributed by atoms with Gasteiger partial charge in [-0.05, 0) is 57.2 Å². The van der Waals surface area contributed by atoms with E-state index in [4.69, 9.17) is 9.15 Å². The fourth-order valence-electron chi connectivity index (χ4n) is 0.393. The van der Waals surface area contributed by atoms with Crippen LogP contribution in [0.4, 0.5) is 115 Å². The summed E-state index contributed by atoms with van der Waals surface area (Å²) in [6.45, 7) is 0.535. The Morgan fingerprint density at radius 1 is 0.400 bits per heavy atom. The molecule has 0 saturated heterocycles. The van der Waals surface area contributed by atoms with Crippen LogP contribution >= 0.6 is 0 Å².